The summed E-state index contributed by atoms with van der Waals surface area (Å²) in [5.41, 5.74) is -0.0344. The van der Waals surface area contributed by atoms with E-state index in [9.17, 15) is 27.9 Å². The van der Waals surface area contributed by atoms with Crippen LogP contribution in [0, 0.1) is 0 Å². The van der Waals surface area contributed by atoms with Gasteiger partial charge in [0.2, 0.25) is 0 Å². The molecule has 2 rings (SSSR count). The van der Waals surface area contributed by atoms with Crippen molar-refractivity contribution in [3.05, 3.63) is 59.7 Å². The van der Waals surface area contributed by atoms with Crippen LogP contribution in [0.4, 0.5) is 18.0 Å². The highest BCUT2D eigenvalue weighted by Crippen LogP contribution is 2.30. The quantitative estimate of drug-likeness (QED) is 0.242. The molecule has 0 aliphatic rings. The summed E-state index contributed by atoms with van der Waals surface area (Å²) in [4.78, 5) is 25.5. The first kappa shape index (κ1) is 31.0. The zero-order valence-electron chi connectivity index (χ0n) is 21.8. The fraction of sp³-hybridized carbons (Fsp3) is 0.500. The van der Waals surface area contributed by atoms with Gasteiger partial charge in [0.1, 0.15) is 18.1 Å². The lowest BCUT2D eigenvalue weighted by molar-refractivity contribution is -0.150. The van der Waals surface area contributed by atoms with Crippen molar-refractivity contribution in [3.8, 4) is 11.5 Å². The highest BCUT2D eigenvalue weighted by molar-refractivity contribution is 5.72. The SMILES string of the molecule is CCCCCCCN(CCOc1ccc(CC(OCC)C(=O)O)cc1)C(=O)Oc1ccc(C(F)(F)F)cc1. The molecule has 1 N–H and O–H groups in total. The molecule has 1 unspecified atom stereocenters. The maximum Gasteiger partial charge on any atom is 0.416 e. The minimum atomic E-state index is -4.47. The van der Waals surface area contributed by atoms with Crippen LogP contribution >= 0.6 is 0 Å². The van der Waals surface area contributed by atoms with Gasteiger partial charge in [-0.3, -0.25) is 0 Å². The molecule has 2 aromatic rings. The number of carboxylic acid groups (broad SMARTS) is 1. The van der Waals surface area contributed by atoms with Crippen LogP contribution in [-0.2, 0) is 22.1 Å². The third-order valence-corrected chi connectivity index (χ3v) is 5.79. The molecule has 210 valence electrons. The molecule has 0 saturated carbocycles. The van der Waals surface area contributed by atoms with Crippen LogP contribution in [0.5, 0.6) is 11.5 Å². The van der Waals surface area contributed by atoms with Gasteiger partial charge in [0.15, 0.2) is 6.10 Å². The first-order chi connectivity index (χ1) is 18.1. The molecule has 7 nitrogen and oxygen atoms in total. The summed E-state index contributed by atoms with van der Waals surface area (Å²) in [6, 6.07) is 10.9. The minimum absolute atomic E-state index is 0.0298. The second kappa shape index (κ2) is 15.9. The smallest absolute Gasteiger partial charge is 0.416 e. The van der Waals surface area contributed by atoms with E-state index in [1.54, 1.807) is 31.2 Å². The number of halogens is 3. The molecule has 0 radical (unpaired) electrons. The first-order valence-corrected chi connectivity index (χ1v) is 12.8. The highest BCUT2D eigenvalue weighted by Gasteiger charge is 2.30. The number of unbranched alkanes of at least 4 members (excludes halogenated alkanes) is 4. The van der Waals surface area contributed by atoms with Crippen LogP contribution in [-0.4, -0.2) is 54.5 Å². The van der Waals surface area contributed by atoms with Crippen molar-refractivity contribution in [1.29, 1.82) is 0 Å². The summed E-state index contributed by atoms with van der Waals surface area (Å²) in [6.07, 6.45) is -0.868. The number of alkyl halides is 3. The summed E-state index contributed by atoms with van der Waals surface area (Å²) < 4.78 is 54.7. The van der Waals surface area contributed by atoms with Crippen LogP contribution in [0.15, 0.2) is 48.5 Å². The van der Waals surface area contributed by atoms with Gasteiger partial charge in [0.05, 0.1) is 12.1 Å². The van der Waals surface area contributed by atoms with E-state index in [1.807, 2.05) is 0 Å². The van der Waals surface area contributed by atoms with Crippen molar-refractivity contribution in [2.45, 2.75) is 64.7 Å². The molecule has 0 aliphatic carbocycles. The van der Waals surface area contributed by atoms with E-state index < -0.39 is 29.9 Å². The monoisotopic (exact) mass is 539 g/mol. The number of aliphatic carboxylic acids is 1. The Hall–Kier alpha value is -3.27. The van der Waals surface area contributed by atoms with Crippen LogP contribution in [0.1, 0.15) is 57.1 Å². The maximum absolute atomic E-state index is 12.8. The van der Waals surface area contributed by atoms with Gasteiger partial charge in [0, 0.05) is 19.6 Å². The van der Waals surface area contributed by atoms with Gasteiger partial charge >= 0.3 is 18.2 Å². The lowest BCUT2D eigenvalue weighted by Gasteiger charge is -2.22. The molecule has 1 atom stereocenters. The molecular weight excluding hydrogens is 503 g/mol. The Morgan fingerprint density at radius 1 is 0.895 bits per heavy atom. The molecule has 0 bridgehead atoms. The Balaban J connectivity index is 1.94. The van der Waals surface area contributed by atoms with Crippen molar-refractivity contribution in [1.82, 2.24) is 4.90 Å². The van der Waals surface area contributed by atoms with Crippen molar-refractivity contribution < 1.29 is 42.1 Å². The van der Waals surface area contributed by atoms with E-state index in [4.69, 9.17) is 14.2 Å². The van der Waals surface area contributed by atoms with Crippen molar-refractivity contribution >= 4 is 12.1 Å². The minimum Gasteiger partial charge on any atom is -0.492 e. The summed E-state index contributed by atoms with van der Waals surface area (Å²) in [6.45, 7) is 4.98. The molecule has 10 heteroatoms. The van der Waals surface area contributed by atoms with Crippen LogP contribution in [0.2, 0.25) is 0 Å². The molecule has 0 saturated heterocycles. The van der Waals surface area contributed by atoms with Gasteiger partial charge in [0.25, 0.3) is 0 Å². The Morgan fingerprint density at radius 2 is 1.53 bits per heavy atom. The number of rotatable bonds is 16. The third kappa shape index (κ3) is 11.0. The second-order valence-electron chi connectivity index (χ2n) is 8.77. The number of amides is 1. The predicted octanol–water partition coefficient (Wildman–Crippen LogP) is 6.59. The zero-order chi connectivity index (χ0) is 28.0. The van der Waals surface area contributed by atoms with E-state index in [0.29, 0.717) is 18.9 Å². The normalized spacial score (nSPS) is 12.1. The maximum atomic E-state index is 12.8. The molecular formula is C28H36F3NO6. The summed E-state index contributed by atoms with van der Waals surface area (Å²) >= 11 is 0. The van der Waals surface area contributed by atoms with Gasteiger partial charge in [-0.15, -0.1) is 0 Å². The highest BCUT2D eigenvalue weighted by atomic mass is 19.4. The predicted molar refractivity (Wildman–Crippen MR) is 136 cm³/mol. The molecule has 0 spiro atoms. The molecule has 0 aromatic heterocycles. The number of benzene rings is 2. The van der Waals surface area contributed by atoms with E-state index in [2.05, 4.69) is 6.92 Å². The number of ether oxygens (including phenoxy) is 3. The van der Waals surface area contributed by atoms with E-state index in [1.165, 1.54) is 4.90 Å². The van der Waals surface area contributed by atoms with Gasteiger partial charge in [-0.25, -0.2) is 9.59 Å². The largest absolute Gasteiger partial charge is 0.492 e. The van der Waals surface area contributed by atoms with Crippen LogP contribution in [0.25, 0.3) is 0 Å². The van der Waals surface area contributed by atoms with Gasteiger partial charge < -0.3 is 24.2 Å². The van der Waals surface area contributed by atoms with E-state index in [0.717, 1.165) is 61.9 Å². The Morgan fingerprint density at radius 3 is 2.11 bits per heavy atom. The number of carboxylic acids is 1. The molecule has 0 heterocycles. The van der Waals surface area contributed by atoms with Crippen molar-refractivity contribution in [3.63, 3.8) is 0 Å². The zero-order valence-corrected chi connectivity index (χ0v) is 21.8. The second-order valence-corrected chi connectivity index (χ2v) is 8.77. The topological polar surface area (TPSA) is 85.3 Å². The standard InChI is InChI=1S/C28H36F3NO6/c1-3-5-6-7-8-17-32(27(35)38-24-15-11-22(12-16-24)28(29,30)31)18-19-37-23-13-9-21(10-14-23)20-25(26(33)34)36-4-2/h9-16,25H,3-8,17-20H2,1-2H3,(H,33,34). The third-order valence-electron chi connectivity index (χ3n) is 5.79. The van der Waals surface area contributed by atoms with Crippen molar-refractivity contribution in [2.24, 2.45) is 0 Å². The number of hydrogen-bond acceptors (Lipinski definition) is 5. The molecule has 0 fully saturated rings. The molecule has 2 aromatic carbocycles. The van der Waals surface area contributed by atoms with Crippen LogP contribution < -0.4 is 9.47 Å². The van der Waals surface area contributed by atoms with Crippen LogP contribution in [0.3, 0.4) is 0 Å². The molecule has 1 amide bonds. The van der Waals surface area contributed by atoms with E-state index >= 15 is 0 Å². The number of hydrogen-bond donors (Lipinski definition) is 1. The van der Waals surface area contributed by atoms with Gasteiger partial charge in [-0.2, -0.15) is 13.2 Å². The molecule has 38 heavy (non-hydrogen) atoms. The Kier molecular flexibility index (Phi) is 12.9. The summed E-state index contributed by atoms with van der Waals surface area (Å²) in [5.74, 6) is -0.441. The lowest BCUT2D eigenvalue weighted by Crippen LogP contribution is -2.37. The average molecular weight is 540 g/mol. The summed E-state index contributed by atoms with van der Waals surface area (Å²) in [7, 11) is 0. The number of carbonyl (C=O) groups excluding carboxylic acids is 1. The fourth-order valence-electron chi connectivity index (χ4n) is 3.71. The van der Waals surface area contributed by atoms with E-state index in [-0.39, 0.29) is 25.3 Å². The van der Waals surface area contributed by atoms with Crippen molar-refractivity contribution in [2.75, 3.05) is 26.3 Å². The average Bonchev–Trinajstić information content (AvgIpc) is 2.88. The lowest BCUT2D eigenvalue weighted by atomic mass is 10.1. The Labute approximate surface area is 221 Å². The van der Waals surface area contributed by atoms with Gasteiger partial charge in [-0.05, 0) is 55.3 Å². The first-order valence-electron chi connectivity index (χ1n) is 12.8. The number of carbonyl (C=O) groups is 2. The van der Waals surface area contributed by atoms with Gasteiger partial charge in [-0.1, -0.05) is 44.7 Å². The number of nitrogens with zero attached hydrogens (tertiary/aromatic N) is 1. The Bertz CT molecular complexity index is 980. The molecule has 0 aliphatic heterocycles. The fourth-order valence-corrected chi connectivity index (χ4v) is 3.71. The summed E-state index contributed by atoms with van der Waals surface area (Å²) in [5, 5.41) is 9.24.